The smallest absolute Gasteiger partial charge is 0.143 e. The van der Waals surface area contributed by atoms with Gasteiger partial charge in [-0.3, -0.25) is 0 Å². The predicted molar refractivity (Wildman–Crippen MR) is 79.9 cm³/mol. The normalized spacial score (nSPS) is 10.9. The first-order chi connectivity index (χ1) is 10.2. The topological polar surface area (TPSA) is 50.1 Å². The van der Waals surface area contributed by atoms with Gasteiger partial charge in [-0.2, -0.15) is 0 Å². The van der Waals surface area contributed by atoms with E-state index in [-0.39, 0.29) is 0 Å². The van der Waals surface area contributed by atoms with Gasteiger partial charge in [-0.1, -0.05) is 0 Å². The Hall–Kier alpha value is -2.56. The summed E-state index contributed by atoms with van der Waals surface area (Å²) in [6.07, 6.45) is 0. The van der Waals surface area contributed by atoms with Crippen LogP contribution in [0.1, 0.15) is 0 Å². The zero-order valence-corrected chi connectivity index (χ0v) is 12.4. The van der Waals surface area contributed by atoms with Gasteiger partial charge in [0.2, 0.25) is 0 Å². The van der Waals surface area contributed by atoms with Gasteiger partial charge in [-0.25, -0.2) is 0 Å². The van der Waals surface area contributed by atoms with Gasteiger partial charge in [0, 0.05) is 24.3 Å². The van der Waals surface area contributed by atoms with E-state index < -0.39 is 0 Å². The van der Waals surface area contributed by atoms with Gasteiger partial charge in [0.15, 0.2) is 0 Å². The molecule has 0 fully saturated rings. The number of methoxy groups -OCH3 is 4. The Labute approximate surface area is 122 Å². The van der Waals surface area contributed by atoms with Crippen molar-refractivity contribution in [3.05, 3.63) is 24.3 Å². The SMILES string of the molecule is COc1cc(OC)c2c(c1)oc1cc(OC)cc(OC)c12. The van der Waals surface area contributed by atoms with Crippen LogP contribution in [0.15, 0.2) is 28.7 Å². The molecule has 0 saturated carbocycles. The average molecular weight is 288 g/mol. The summed E-state index contributed by atoms with van der Waals surface area (Å²) in [5.74, 6) is 2.69. The molecule has 0 bridgehead atoms. The molecule has 0 unspecified atom stereocenters. The quantitative estimate of drug-likeness (QED) is 0.734. The molecule has 0 amide bonds. The molecule has 0 radical (unpaired) electrons. The Bertz CT molecular complexity index is 737. The molecule has 5 nitrogen and oxygen atoms in total. The number of hydrogen-bond acceptors (Lipinski definition) is 5. The molecule has 0 saturated heterocycles. The van der Waals surface area contributed by atoms with Crippen LogP contribution >= 0.6 is 0 Å². The third kappa shape index (κ3) is 2.01. The molecule has 3 rings (SSSR count). The molecule has 0 aliphatic carbocycles. The fourth-order valence-electron chi connectivity index (χ4n) is 2.46. The van der Waals surface area contributed by atoms with Gasteiger partial charge in [-0.15, -0.1) is 0 Å². The van der Waals surface area contributed by atoms with Crippen molar-refractivity contribution in [1.29, 1.82) is 0 Å². The molecule has 2 aromatic carbocycles. The third-order valence-corrected chi connectivity index (χ3v) is 3.46. The van der Waals surface area contributed by atoms with E-state index >= 15 is 0 Å². The lowest BCUT2D eigenvalue weighted by atomic mass is 10.1. The van der Waals surface area contributed by atoms with E-state index in [1.807, 2.05) is 24.3 Å². The number of ether oxygens (including phenoxy) is 4. The summed E-state index contributed by atoms with van der Waals surface area (Å²) in [6, 6.07) is 7.29. The summed E-state index contributed by atoms with van der Waals surface area (Å²) < 4.78 is 27.4. The maximum absolute atomic E-state index is 5.90. The summed E-state index contributed by atoms with van der Waals surface area (Å²) in [6.45, 7) is 0. The first-order valence-electron chi connectivity index (χ1n) is 6.42. The van der Waals surface area contributed by atoms with E-state index in [2.05, 4.69) is 0 Å². The minimum Gasteiger partial charge on any atom is -0.496 e. The van der Waals surface area contributed by atoms with Gasteiger partial charge in [-0.05, 0) is 0 Å². The highest BCUT2D eigenvalue weighted by Gasteiger charge is 2.18. The zero-order valence-electron chi connectivity index (χ0n) is 12.4. The Morgan fingerprint density at radius 3 is 1.38 bits per heavy atom. The first-order valence-corrected chi connectivity index (χ1v) is 6.42. The van der Waals surface area contributed by atoms with Gasteiger partial charge in [0.1, 0.15) is 34.2 Å². The molecular formula is C16H16O5. The average Bonchev–Trinajstić information content (AvgIpc) is 2.90. The summed E-state index contributed by atoms with van der Waals surface area (Å²) in [5, 5.41) is 1.71. The summed E-state index contributed by atoms with van der Waals surface area (Å²) in [7, 11) is 6.44. The Kier molecular flexibility index (Phi) is 3.25. The van der Waals surface area contributed by atoms with Crippen molar-refractivity contribution in [2.75, 3.05) is 28.4 Å². The standard InChI is InChI=1S/C16H16O5/c1-17-9-5-11(19-3)15-13(7-9)21-14-8-10(18-2)6-12(20-4)16(14)15/h5-8H,1-4H3. The number of fused-ring (bicyclic) bond motifs is 3. The van der Waals surface area contributed by atoms with Crippen LogP contribution in [0.4, 0.5) is 0 Å². The maximum Gasteiger partial charge on any atom is 0.143 e. The molecule has 0 atom stereocenters. The second-order valence-corrected chi connectivity index (χ2v) is 4.51. The summed E-state index contributed by atoms with van der Waals surface area (Å²) >= 11 is 0. The van der Waals surface area contributed by atoms with Crippen molar-refractivity contribution < 1.29 is 23.4 Å². The Morgan fingerprint density at radius 1 is 0.619 bits per heavy atom. The van der Waals surface area contributed by atoms with Gasteiger partial charge in [0.05, 0.1) is 39.2 Å². The number of rotatable bonds is 4. The Morgan fingerprint density at radius 2 is 1.05 bits per heavy atom. The molecule has 0 N–H and O–H groups in total. The van der Waals surface area contributed by atoms with Crippen molar-refractivity contribution in [2.24, 2.45) is 0 Å². The lowest BCUT2D eigenvalue weighted by molar-refractivity contribution is 0.396. The molecule has 3 aromatic rings. The van der Waals surface area contributed by atoms with Gasteiger partial charge >= 0.3 is 0 Å². The van der Waals surface area contributed by atoms with Crippen LogP contribution in [0.5, 0.6) is 23.0 Å². The first kappa shape index (κ1) is 13.4. The van der Waals surface area contributed by atoms with E-state index in [1.54, 1.807) is 28.4 Å². The van der Waals surface area contributed by atoms with Gasteiger partial charge < -0.3 is 23.4 Å². The summed E-state index contributed by atoms with van der Waals surface area (Å²) in [4.78, 5) is 0. The molecule has 1 aromatic heterocycles. The molecule has 0 spiro atoms. The highest BCUT2D eigenvalue weighted by atomic mass is 16.5. The molecule has 21 heavy (non-hydrogen) atoms. The van der Waals surface area contributed by atoms with Crippen molar-refractivity contribution in [3.8, 4) is 23.0 Å². The fourth-order valence-corrected chi connectivity index (χ4v) is 2.46. The molecule has 0 aliphatic heterocycles. The van der Waals surface area contributed by atoms with E-state index in [0.717, 1.165) is 10.8 Å². The lowest BCUT2D eigenvalue weighted by Gasteiger charge is -2.07. The van der Waals surface area contributed by atoms with Crippen LogP contribution in [0.2, 0.25) is 0 Å². The minimum absolute atomic E-state index is 0.671. The Balaban J connectivity index is 2.45. The van der Waals surface area contributed by atoms with Crippen LogP contribution in [0.25, 0.3) is 21.9 Å². The van der Waals surface area contributed by atoms with E-state index in [1.165, 1.54) is 0 Å². The van der Waals surface area contributed by atoms with Crippen LogP contribution in [0.3, 0.4) is 0 Å². The molecule has 1 heterocycles. The van der Waals surface area contributed by atoms with Crippen LogP contribution < -0.4 is 18.9 Å². The van der Waals surface area contributed by atoms with Crippen molar-refractivity contribution in [3.63, 3.8) is 0 Å². The molecular weight excluding hydrogens is 272 g/mol. The number of furan rings is 1. The highest BCUT2D eigenvalue weighted by molar-refractivity contribution is 6.12. The molecule has 5 heteroatoms. The largest absolute Gasteiger partial charge is 0.496 e. The predicted octanol–water partition coefficient (Wildman–Crippen LogP) is 3.62. The summed E-state index contributed by atoms with van der Waals surface area (Å²) in [5.41, 5.74) is 1.35. The van der Waals surface area contributed by atoms with E-state index in [0.29, 0.717) is 34.2 Å². The second kappa shape index (κ2) is 5.09. The zero-order chi connectivity index (χ0) is 15.0. The van der Waals surface area contributed by atoms with Gasteiger partial charge in [0.25, 0.3) is 0 Å². The van der Waals surface area contributed by atoms with E-state index in [4.69, 9.17) is 23.4 Å². The van der Waals surface area contributed by atoms with E-state index in [9.17, 15) is 0 Å². The third-order valence-electron chi connectivity index (χ3n) is 3.46. The van der Waals surface area contributed by atoms with Crippen molar-refractivity contribution >= 4 is 21.9 Å². The maximum atomic E-state index is 5.90. The highest BCUT2D eigenvalue weighted by Crippen LogP contribution is 2.44. The monoisotopic (exact) mass is 288 g/mol. The second-order valence-electron chi connectivity index (χ2n) is 4.51. The molecule has 0 aliphatic rings. The number of hydrogen-bond donors (Lipinski definition) is 0. The van der Waals surface area contributed by atoms with Crippen LogP contribution in [0, 0.1) is 0 Å². The fraction of sp³-hybridized carbons (Fsp3) is 0.250. The lowest BCUT2D eigenvalue weighted by Crippen LogP contribution is -1.89. The molecule has 110 valence electrons. The number of benzene rings is 2. The van der Waals surface area contributed by atoms with Crippen molar-refractivity contribution in [2.45, 2.75) is 0 Å². The van der Waals surface area contributed by atoms with Crippen LogP contribution in [-0.2, 0) is 0 Å². The minimum atomic E-state index is 0.671. The van der Waals surface area contributed by atoms with Crippen molar-refractivity contribution in [1.82, 2.24) is 0 Å². The van der Waals surface area contributed by atoms with Crippen LogP contribution in [-0.4, -0.2) is 28.4 Å².